The van der Waals surface area contributed by atoms with Crippen molar-refractivity contribution in [2.75, 3.05) is 13.1 Å². The number of nitrogens with one attached hydrogen (secondary N) is 2. The molecule has 4 aromatic heterocycles. The number of rotatable bonds is 7. The zero-order chi connectivity index (χ0) is 22.3. The standard InChI is InChI=1S/C25H26N6OS/c32-24(27-16-25(8-2-9-28-25)14-17-4-5-17)18-6-10-26-21(13-18)19-15-29-31-11-7-20(30-23(19)31)22-3-1-12-33-22/h1,3,6-7,10-13,15,17,28H,2,4-5,8-9,14,16H2,(H,27,32)/t25-/m1/s1. The third-order valence-electron chi connectivity index (χ3n) is 6.74. The van der Waals surface area contributed by atoms with Crippen LogP contribution >= 0.6 is 11.3 Å². The Labute approximate surface area is 196 Å². The zero-order valence-corrected chi connectivity index (χ0v) is 19.1. The van der Waals surface area contributed by atoms with Crippen molar-refractivity contribution in [2.24, 2.45) is 5.92 Å². The molecule has 6 rings (SSSR count). The van der Waals surface area contributed by atoms with Gasteiger partial charge in [-0.2, -0.15) is 5.10 Å². The highest BCUT2D eigenvalue weighted by molar-refractivity contribution is 7.13. The van der Waals surface area contributed by atoms with Crippen molar-refractivity contribution >= 4 is 22.9 Å². The number of pyridine rings is 1. The second-order valence-electron chi connectivity index (χ2n) is 9.19. The second-order valence-corrected chi connectivity index (χ2v) is 10.1. The van der Waals surface area contributed by atoms with E-state index in [0.29, 0.717) is 17.8 Å². The van der Waals surface area contributed by atoms with E-state index in [4.69, 9.17) is 4.98 Å². The summed E-state index contributed by atoms with van der Waals surface area (Å²) in [5.41, 5.74) is 3.79. The molecule has 2 aliphatic rings. The van der Waals surface area contributed by atoms with Crippen LogP contribution in [-0.4, -0.2) is 44.1 Å². The van der Waals surface area contributed by atoms with Crippen LogP contribution < -0.4 is 10.6 Å². The van der Waals surface area contributed by atoms with Crippen LogP contribution in [0.5, 0.6) is 0 Å². The Morgan fingerprint density at radius 1 is 1.27 bits per heavy atom. The first-order chi connectivity index (χ1) is 16.2. The Morgan fingerprint density at radius 2 is 2.21 bits per heavy atom. The fourth-order valence-corrected chi connectivity index (χ4v) is 5.52. The van der Waals surface area contributed by atoms with Gasteiger partial charge < -0.3 is 10.6 Å². The van der Waals surface area contributed by atoms with Crippen LogP contribution in [0.4, 0.5) is 0 Å². The molecule has 0 aromatic carbocycles. The Bertz CT molecular complexity index is 1290. The maximum Gasteiger partial charge on any atom is 0.251 e. The van der Waals surface area contributed by atoms with E-state index >= 15 is 0 Å². The van der Waals surface area contributed by atoms with Gasteiger partial charge in [0.05, 0.1) is 28.0 Å². The Morgan fingerprint density at radius 3 is 3.00 bits per heavy atom. The van der Waals surface area contributed by atoms with Crippen LogP contribution in [0.3, 0.4) is 0 Å². The first-order valence-electron chi connectivity index (χ1n) is 11.6. The molecule has 1 aliphatic carbocycles. The zero-order valence-electron chi connectivity index (χ0n) is 18.3. The van der Waals surface area contributed by atoms with Gasteiger partial charge in [0.2, 0.25) is 0 Å². The van der Waals surface area contributed by atoms with E-state index in [9.17, 15) is 4.79 Å². The maximum absolute atomic E-state index is 13.0. The van der Waals surface area contributed by atoms with Gasteiger partial charge in [-0.15, -0.1) is 11.3 Å². The third-order valence-corrected chi connectivity index (χ3v) is 7.63. The molecule has 0 bridgehead atoms. The molecule has 8 heteroatoms. The van der Waals surface area contributed by atoms with E-state index in [-0.39, 0.29) is 11.4 Å². The maximum atomic E-state index is 13.0. The molecule has 0 unspecified atom stereocenters. The molecule has 1 saturated carbocycles. The second kappa shape index (κ2) is 8.35. The van der Waals surface area contributed by atoms with E-state index in [1.165, 1.54) is 19.3 Å². The molecule has 1 atom stereocenters. The van der Waals surface area contributed by atoms with E-state index < -0.39 is 0 Å². The summed E-state index contributed by atoms with van der Waals surface area (Å²) in [6.07, 6.45) is 11.5. The summed E-state index contributed by atoms with van der Waals surface area (Å²) in [4.78, 5) is 23.5. The highest BCUT2D eigenvalue weighted by Crippen LogP contribution is 2.39. The minimum atomic E-state index is -0.0637. The highest BCUT2D eigenvalue weighted by atomic mass is 32.1. The lowest BCUT2D eigenvalue weighted by atomic mass is 9.90. The number of fused-ring (bicyclic) bond motifs is 1. The van der Waals surface area contributed by atoms with Gasteiger partial charge in [-0.25, -0.2) is 9.50 Å². The molecule has 5 heterocycles. The molecule has 0 radical (unpaired) electrons. The monoisotopic (exact) mass is 458 g/mol. The predicted molar refractivity (Wildman–Crippen MR) is 129 cm³/mol. The van der Waals surface area contributed by atoms with Crippen LogP contribution in [0.15, 0.2) is 54.3 Å². The quantitative estimate of drug-likeness (QED) is 0.434. The van der Waals surface area contributed by atoms with Crippen molar-refractivity contribution in [1.82, 2.24) is 30.2 Å². The highest BCUT2D eigenvalue weighted by Gasteiger charge is 2.39. The summed E-state index contributed by atoms with van der Waals surface area (Å²) in [7, 11) is 0. The number of thiophene rings is 1. The molecular weight excluding hydrogens is 432 g/mol. The van der Waals surface area contributed by atoms with Gasteiger partial charge in [0.15, 0.2) is 5.65 Å². The lowest BCUT2D eigenvalue weighted by Crippen LogP contribution is -2.50. The van der Waals surface area contributed by atoms with Gasteiger partial charge in [-0.05, 0) is 61.4 Å². The van der Waals surface area contributed by atoms with Gasteiger partial charge >= 0.3 is 0 Å². The average Bonchev–Trinajstić information content (AvgIpc) is 3.26. The molecule has 7 nitrogen and oxygen atoms in total. The Hall–Kier alpha value is -3.10. The topological polar surface area (TPSA) is 84.2 Å². The van der Waals surface area contributed by atoms with Crippen molar-refractivity contribution in [2.45, 2.75) is 37.6 Å². The smallest absolute Gasteiger partial charge is 0.251 e. The Balaban J connectivity index is 1.24. The van der Waals surface area contributed by atoms with E-state index in [0.717, 1.165) is 47.1 Å². The molecule has 4 aromatic rings. The molecular formula is C25H26N6OS. The molecule has 2 fully saturated rings. The van der Waals surface area contributed by atoms with Gasteiger partial charge in [0, 0.05) is 30.0 Å². The van der Waals surface area contributed by atoms with Crippen LogP contribution in [-0.2, 0) is 0 Å². The fraction of sp³-hybridized carbons (Fsp3) is 0.360. The number of amides is 1. The molecule has 0 spiro atoms. The third kappa shape index (κ3) is 4.16. The molecule has 168 valence electrons. The molecule has 1 aliphatic heterocycles. The van der Waals surface area contributed by atoms with E-state index in [1.54, 1.807) is 34.3 Å². The molecule has 2 N–H and O–H groups in total. The summed E-state index contributed by atoms with van der Waals surface area (Å²) < 4.78 is 1.74. The first-order valence-corrected chi connectivity index (χ1v) is 12.5. The SMILES string of the molecule is O=C(NC[C@]1(CC2CC2)CCCN1)c1ccnc(-c2cnn3ccc(-c4cccs4)nc23)c1. The van der Waals surface area contributed by atoms with Crippen molar-refractivity contribution < 1.29 is 4.79 Å². The molecule has 33 heavy (non-hydrogen) atoms. The van der Waals surface area contributed by atoms with Crippen molar-refractivity contribution in [3.05, 3.63) is 59.9 Å². The molecule has 1 amide bonds. The van der Waals surface area contributed by atoms with Gasteiger partial charge in [-0.1, -0.05) is 18.9 Å². The van der Waals surface area contributed by atoms with Crippen molar-refractivity contribution in [3.8, 4) is 21.8 Å². The summed E-state index contributed by atoms with van der Waals surface area (Å²) in [6, 6.07) is 9.63. The van der Waals surface area contributed by atoms with Crippen molar-refractivity contribution in [1.29, 1.82) is 0 Å². The average molecular weight is 459 g/mol. The summed E-state index contributed by atoms with van der Waals surface area (Å²) in [5.74, 6) is 0.758. The Kier molecular flexibility index (Phi) is 5.19. The number of nitrogens with zero attached hydrogens (tertiary/aromatic N) is 4. The van der Waals surface area contributed by atoms with Gasteiger partial charge in [-0.3, -0.25) is 9.78 Å². The van der Waals surface area contributed by atoms with E-state index in [1.807, 2.05) is 29.8 Å². The van der Waals surface area contributed by atoms with Crippen LogP contribution in [0.2, 0.25) is 0 Å². The lowest BCUT2D eigenvalue weighted by Gasteiger charge is -2.30. The largest absolute Gasteiger partial charge is 0.350 e. The molecule has 1 saturated heterocycles. The minimum absolute atomic E-state index is 0.0528. The number of aromatic nitrogens is 4. The van der Waals surface area contributed by atoms with Crippen LogP contribution in [0.25, 0.3) is 27.5 Å². The summed E-state index contributed by atoms with van der Waals surface area (Å²) in [5, 5.41) is 13.3. The normalized spacial score (nSPS) is 20.4. The lowest BCUT2D eigenvalue weighted by molar-refractivity contribution is 0.0938. The summed E-state index contributed by atoms with van der Waals surface area (Å²) in [6.45, 7) is 1.71. The fourth-order valence-electron chi connectivity index (χ4n) is 4.82. The minimum Gasteiger partial charge on any atom is -0.350 e. The predicted octanol–water partition coefficient (Wildman–Crippen LogP) is 4.17. The first kappa shape index (κ1) is 20.5. The van der Waals surface area contributed by atoms with E-state index in [2.05, 4.69) is 26.8 Å². The van der Waals surface area contributed by atoms with Crippen molar-refractivity contribution in [3.63, 3.8) is 0 Å². The number of hydrogen-bond acceptors (Lipinski definition) is 6. The van der Waals surface area contributed by atoms with Crippen LogP contribution in [0, 0.1) is 5.92 Å². The van der Waals surface area contributed by atoms with Crippen LogP contribution in [0.1, 0.15) is 42.5 Å². The van der Waals surface area contributed by atoms with Gasteiger partial charge in [0.1, 0.15) is 0 Å². The van der Waals surface area contributed by atoms with Gasteiger partial charge in [0.25, 0.3) is 5.91 Å². The summed E-state index contributed by atoms with van der Waals surface area (Å²) >= 11 is 1.65. The number of carbonyl (C=O) groups is 1. The number of hydrogen-bond donors (Lipinski definition) is 2. The number of carbonyl (C=O) groups excluding carboxylic acids is 1.